The van der Waals surface area contributed by atoms with Crippen molar-refractivity contribution in [2.75, 3.05) is 0 Å². The highest BCUT2D eigenvalue weighted by Gasteiger charge is 2.17. The second kappa shape index (κ2) is 3.47. The number of benzene rings is 1. The van der Waals surface area contributed by atoms with E-state index < -0.39 is 5.95 Å². The molecule has 14 heavy (non-hydrogen) atoms. The Labute approximate surface area is 80.4 Å². The zero-order chi connectivity index (χ0) is 9.97. The van der Waals surface area contributed by atoms with E-state index in [1.165, 1.54) is 4.68 Å². The molecular formula is C9H9N3O2. The summed E-state index contributed by atoms with van der Waals surface area (Å²) in [5.74, 6) is -0.489. The van der Waals surface area contributed by atoms with Crippen LogP contribution in [0.15, 0.2) is 34.9 Å². The molecular weight excluding hydrogens is 182 g/mol. The van der Waals surface area contributed by atoms with E-state index in [2.05, 4.69) is 9.79 Å². The van der Waals surface area contributed by atoms with Crippen LogP contribution in [0.25, 0.3) is 5.69 Å². The summed E-state index contributed by atoms with van der Waals surface area (Å²) in [6.45, 7) is 0.108. The molecule has 0 saturated heterocycles. The first-order valence-electron chi connectivity index (χ1n) is 4.16. The van der Waals surface area contributed by atoms with Crippen LogP contribution in [0.3, 0.4) is 0 Å². The predicted octanol–water partition coefficient (Wildman–Crippen LogP) is -0.516. The molecule has 2 aromatic rings. The Morgan fingerprint density at radius 3 is 2.71 bits per heavy atom. The highest BCUT2D eigenvalue weighted by molar-refractivity contribution is 5.22. The molecule has 1 aromatic carbocycles. The largest absolute Gasteiger partial charge is 0.539 e. The second-order valence-electron chi connectivity index (χ2n) is 2.76. The lowest BCUT2D eigenvalue weighted by molar-refractivity contribution is -0.677. The summed E-state index contributed by atoms with van der Waals surface area (Å²) in [5, 5.41) is 14.7. The quantitative estimate of drug-likeness (QED) is 0.648. The number of para-hydroxylation sites is 1. The normalized spacial score (nSPS) is 10.4. The molecule has 0 aliphatic carbocycles. The Morgan fingerprint density at radius 1 is 1.36 bits per heavy atom. The third-order valence-corrected chi connectivity index (χ3v) is 1.89. The van der Waals surface area contributed by atoms with Gasteiger partial charge in [-0.25, -0.2) is 0 Å². The molecule has 0 amide bonds. The molecule has 0 radical (unpaired) electrons. The van der Waals surface area contributed by atoms with Gasteiger partial charge in [0.05, 0.1) is 11.8 Å². The molecule has 0 aliphatic heterocycles. The van der Waals surface area contributed by atoms with Crippen molar-refractivity contribution >= 4 is 0 Å². The van der Waals surface area contributed by atoms with E-state index in [0.717, 1.165) is 5.69 Å². The van der Waals surface area contributed by atoms with Gasteiger partial charge in [-0.2, -0.15) is 0 Å². The van der Waals surface area contributed by atoms with Gasteiger partial charge in [0.25, 0.3) is 5.69 Å². The molecule has 0 aliphatic rings. The average molecular weight is 191 g/mol. The van der Waals surface area contributed by atoms with Gasteiger partial charge in [-0.1, -0.05) is 18.2 Å². The summed E-state index contributed by atoms with van der Waals surface area (Å²) >= 11 is 0. The molecule has 1 heterocycles. The van der Waals surface area contributed by atoms with E-state index in [4.69, 9.17) is 5.73 Å². The van der Waals surface area contributed by atoms with E-state index in [1.807, 2.05) is 30.3 Å². The van der Waals surface area contributed by atoms with Gasteiger partial charge in [0.15, 0.2) is 5.95 Å². The number of nitrogens with two attached hydrogens (primary N) is 1. The highest BCUT2D eigenvalue weighted by Crippen LogP contribution is 2.08. The van der Waals surface area contributed by atoms with Gasteiger partial charge in [0, 0.05) is 12.1 Å². The van der Waals surface area contributed by atoms with Crippen LogP contribution in [-0.4, -0.2) is 5.27 Å². The lowest BCUT2D eigenvalue weighted by atomic mass is 10.3. The number of aromatic nitrogens is 2. The Kier molecular flexibility index (Phi) is 2.16. The van der Waals surface area contributed by atoms with E-state index in [-0.39, 0.29) is 6.54 Å². The van der Waals surface area contributed by atoms with Crippen molar-refractivity contribution in [3.05, 3.63) is 36.0 Å². The molecule has 0 bridgehead atoms. The smallest absolute Gasteiger partial charge is 0.253 e. The summed E-state index contributed by atoms with van der Waals surface area (Å²) in [5.41, 5.74) is 6.52. The minimum atomic E-state index is -0.489. The summed E-state index contributed by atoms with van der Waals surface area (Å²) in [6.07, 6.45) is 0. The van der Waals surface area contributed by atoms with Crippen LogP contribution in [-0.2, 0) is 6.54 Å². The van der Waals surface area contributed by atoms with Crippen molar-refractivity contribution in [2.24, 2.45) is 5.73 Å². The maximum atomic E-state index is 11.1. The van der Waals surface area contributed by atoms with Gasteiger partial charge in [0.1, 0.15) is 0 Å². The molecule has 0 fully saturated rings. The fraction of sp³-hybridized carbons (Fsp3) is 0.111. The minimum absolute atomic E-state index is 0.108. The van der Waals surface area contributed by atoms with Gasteiger partial charge in [0.2, 0.25) is 5.69 Å². The monoisotopic (exact) mass is 191 g/mol. The van der Waals surface area contributed by atoms with Crippen molar-refractivity contribution in [1.82, 2.24) is 5.27 Å². The highest BCUT2D eigenvalue weighted by atomic mass is 16.6. The first-order valence-corrected chi connectivity index (χ1v) is 4.16. The molecule has 1 aromatic heterocycles. The Bertz CT molecular complexity index is 425. The molecule has 72 valence electrons. The van der Waals surface area contributed by atoms with Crippen LogP contribution >= 0.6 is 0 Å². The fourth-order valence-electron chi connectivity index (χ4n) is 1.21. The van der Waals surface area contributed by atoms with Crippen LogP contribution in [0.1, 0.15) is 5.69 Å². The molecule has 0 unspecified atom stereocenters. The zero-order valence-electron chi connectivity index (χ0n) is 7.38. The Balaban J connectivity index is 2.52. The van der Waals surface area contributed by atoms with Gasteiger partial charge in [-0.05, 0) is 4.68 Å². The van der Waals surface area contributed by atoms with Crippen LogP contribution in [0.2, 0.25) is 0 Å². The average Bonchev–Trinajstić information content (AvgIpc) is 2.61. The van der Waals surface area contributed by atoms with E-state index >= 15 is 0 Å². The van der Waals surface area contributed by atoms with Gasteiger partial charge in [-0.15, -0.1) is 0 Å². The minimum Gasteiger partial charge on any atom is -0.539 e. The molecule has 2 rings (SSSR count). The lowest BCUT2D eigenvalue weighted by Crippen LogP contribution is -2.37. The molecule has 5 heteroatoms. The van der Waals surface area contributed by atoms with E-state index in [0.29, 0.717) is 5.69 Å². The molecule has 0 spiro atoms. The summed E-state index contributed by atoms with van der Waals surface area (Å²) in [4.78, 5) is 0. The van der Waals surface area contributed by atoms with Crippen LogP contribution < -0.4 is 15.5 Å². The molecule has 0 atom stereocenters. The maximum absolute atomic E-state index is 11.1. The first kappa shape index (κ1) is 8.71. The number of hydrogen-bond donors (Lipinski definition) is 1. The second-order valence-corrected chi connectivity index (χ2v) is 2.76. The van der Waals surface area contributed by atoms with Crippen molar-refractivity contribution in [1.29, 1.82) is 0 Å². The van der Waals surface area contributed by atoms with Gasteiger partial charge < -0.3 is 15.4 Å². The fourth-order valence-corrected chi connectivity index (χ4v) is 1.21. The Morgan fingerprint density at radius 2 is 2.07 bits per heavy atom. The predicted molar refractivity (Wildman–Crippen MR) is 45.4 cm³/mol. The molecule has 0 saturated carbocycles. The summed E-state index contributed by atoms with van der Waals surface area (Å²) < 4.78 is 5.92. The standard InChI is InChI=1S/C9H9N3O2/c10-6-8-9(13)14-11-12(8)7-4-2-1-3-5-7/h1-5H,6,10H2. The van der Waals surface area contributed by atoms with Gasteiger partial charge >= 0.3 is 0 Å². The van der Waals surface area contributed by atoms with Crippen LogP contribution in [0.5, 0.6) is 5.95 Å². The molecule has 5 nitrogen and oxygen atoms in total. The van der Waals surface area contributed by atoms with Crippen molar-refractivity contribution in [3.8, 4) is 11.6 Å². The summed E-state index contributed by atoms with van der Waals surface area (Å²) in [6, 6.07) is 9.22. The van der Waals surface area contributed by atoms with Crippen molar-refractivity contribution in [2.45, 2.75) is 6.54 Å². The van der Waals surface area contributed by atoms with E-state index in [1.54, 1.807) is 0 Å². The van der Waals surface area contributed by atoms with Crippen molar-refractivity contribution < 1.29 is 14.3 Å². The maximum Gasteiger partial charge on any atom is 0.253 e. The third kappa shape index (κ3) is 1.33. The lowest BCUT2D eigenvalue weighted by Gasteiger charge is -1.92. The van der Waals surface area contributed by atoms with E-state index in [9.17, 15) is 5.11 Å². The summed E-state index contributed by atoms with van der Waals surface area (Å²) in [7, 11) is 0. The van der Waals surface area contributed by atoms with Crippen LogP contribution in [0.4, 0.5) is 0 Å². The Hall–Kier alpha value is -1.88. The first-order chi connectivity index (χ1) is 6.83. The number of nitrogens with zero attached hydrogens (tertiary/aromatic N) is 2. The SMILES string of the molecule is NCc1c([O-])on[n+]1-c1ccccc1. The van der Waals surface area contributed by atoms with Gasteiger partial charge in [-0.3, -0.25) is 0 Å². The van der Waals surface area contributed by atoms with Crippen molar-refractivity contribution in [3.63, 3.8) is 0 Å². The topological polar surface area (TPSA) is 79.0 Å². The van der Waals surface area contributed by atoms with Crippen LogP contribution in [0, 0.1) is 0 Å². The number of rotatable bonds is 2. The molecule has 2 N–H and O–H groups in total. The zero-order valence-corrected chi connectivity index (χ0v) is 7.38. The third-order valence-electron chi connectivity index (χ3n) is 1.89. The number of hydrogen-bond acceptors (Lipinski definition) is 4.